The number of rotatable bonds is 5. The monoisotopic (exact) mass is 390 g/mol. The van der Waals surface area contributed by atoms with E-state index in [1.165, 1.54) is 0 Å². The lowest BCUT2D eigenvalue weighted by molar-refractivity contribution is -0.117. The Kier molecular flexibility index (Phi) is 5.12. The van der Waals surface area contributed by atoms with Crippen LogP contribution in [0.4, 0.5) is 11.4 Å². The fraction of sp³-hybridized carbons (Fsp3) is 0.273. The lowest BCUT2D eigenvalue weighted by atomic mass is 10.1. The summed E-state index contributed by atoms with van der Waals surface area (Å²) in [6.45, 7) is 2.24. The van der Waals surface area contributed by atoms with Crippen molar-refractivity contribution in [3.05, 3.63) is 64.2 Å². The van der Waals surface area contributed by atoms with Crippen LogP contribution < -0.4 is 15.8 Å². The van der Waals surface area contributed by atoms with Crippen LogP contribution in [-0.2, 0) is 22.4 Å². The highest BCUT2D eigenvalue weighted by molar-refractivity contribution is 5.95. The van der Waals surface area contributed by atoms with Gasteiger partial charge in [0.1, 0.15) is 5.82 Å². The van der Waals surface area contributed by atoms with E-state index in [9.17, 15) is 14.4 Å². The van der Waals surface area contributed by atoms with Crippen molar-refractivity contribution in [1.82, 2.24) is 9.97 Å². The summed E-state index contributed by atoms with van der Waals surface area (Å²) >= 11 is 0. The summed E-state index contributed by atoms with van der Waals surface area (Å²) in [7, 11) is 0. The van der Waals surface area contributed by atoms with Gasteiger partial charge in [0.15, 0.2) is 0 Å². The maximum absolute atomic E-state index is 12.3. The minimum Gasteiger partial charge on any atom is -0.326 e. The van der Waals surface area contributed by atoms with Gasteiger partial charge < -0.3 is 15.2 Å². The molecule has 29 heavy (non-hydrogen) atoms. The van der Waals surface area contributed by atoms with Gasteiger partial charge in [0, 0.05) is 37.7 Å². The zero-order valence-electron chi connectivity index (χ0n) is 16.2. The number of aromatic amines is 1. The molecule has 0 bridgehead atoms. The molecule has 1 aliphatic heterocycles. The molecule has 2 amide bonds. The Balaban J connectivity index is 1.34. The summed E-state index contributed by atoms with van der Waals surface area (Å²) in [6.07, 6.45) is 2.22. The number of para-hydroxylation sites is 1. The zero-order valence-corrected chi connectivity index (χ0v) is 16.2. The number of hydrogen-bond acceptors (Lipinski definition) is 4. The summed E-state index contributed by atoms with van der Waals surface area (Å²) in [4.78, 5) is 45.0. The number of carbonyl (C=O) groups excluding carboxylic acids is 2. The van der Waals surface area contributed by atoms with Gasteiger partial charge >= 0.3 is 0 Å². The molecule has 0 atom stereocenters. The van der Waals surface area contributed by atoms with Crippen LogP contribution >= 0.6 is 0 Å². The van der Waals surface area contributed by atoms with E-state index < -0.39 is 0 Å². The molecule has 4 rings (SSSR count). The number of fused-ring (bicyclic) bond motifs is 2. The van der Waals surface area contributed by atoms with Crippen molar-refractivity contribution in [3.63, 3.8) is 0 Å². The standard InChI is InChI=1S/C22H22N4O3/c1-14(27)26-12-11-15-13-16(9-10-19(15)26)23-21(28)8-4-7-20-24-18-6-3-2-5-17(18)22(29)25-20/h2-3,5-6,9-10,13H,4,7-8,11-12H2,1H3,(H,23,28)(H,24,25,29). The quantitative estimate of drug-likeness (QED) is 0.700. The van der Waals surface area contributed by atoms with Gasteiger partial charge in [0.05, 0.1) is 10.9 Å². The summed E-state index contributed by atoms with van der Waals surface area (Å²) in [6, 6.07) is 12.8. The molecule has 0 aliphatic carbocycles. The van der Waals surface area contributed by atoms with Crippen LogP contribution in [0.1, 0.15) is 31.2 Å². The van der Waals surface area contributed by atoms with Gasteiger partial charge in [-0.05, 0) is 48.7 Å². The van der Waals surface area contributed by atoms with E-state index in [1.54, 1.807) is 24.0 Å². The Morgan fingerprint density at radius 1 is 1.21 bits per heavy atom. The molecule has 2 N–H and O–H groups in total. The van der Waals surface area contributed by atoms with Crippen molar-refractivity contribution < 1.29 is 9.59 Å². The van der Waals surface area contributed by atoms with E-state index in [2.05, 4.69) is 15.3 Å². The van der Waals surface area contributed by atoms with E-state index in [0.29, 0.717) is 42.5 Å². The maximum Gasteiger partial charge on any atom is 0.258 e. The molecule has 0 spiro atoms. The van der Waals surface area contributed by atoms with Gasteiger partial charge in [0.25, 0.3) is 5.56 Å². The third-order valence-corrected chi connectivity index (χ3v) is 5.12. The molecule has 0 unspecified atom stereocenters. The molecule has 3 aromatic rings. The third-order valence-electron chi connectivity index (χ3n) is 5.12. The number of nitrogens with zero attached hydrogens (tertiary/aromatic N) is 2. The highest BCUT2D eigenvalue weighted by atomic mass is 16.2. The van der Waals surface area contributed by atoms with Gasteiger partial charge in [0.2, 0.25) is 11.8 Å². The Morgan fingerprint density at radius 3 is 2.86 bits per heavy atom. The summed E-state index contributed by atoms with van der Waals surface area (Å²) in [5, 5.41) is 3.47. The first-order chi connectivity index (χ1) is 14.0. The second kappa shape index (κ2) is 7.87. The predicted molar refractivity (Wildman–Crippen MR) is 112 cm³/mol. The lowest BCUT2D eigenvalue weighted by Crippen LogP contribution is -2.25. The third kappa shape index (κ3) is 4.03. The molecule has 2 heterocycles. The molecule has 7 nitrogen and oxygen atoms in total. The molecular formula is C22H22N4O3. The first kappa shape index (κ1) is 18.9. The zero-order chi connectivity index (χ0) is 20.4. The fourth-order valence-corrected chi connectivity index (χ4v) is 3.70. The van der Waals surface area contributed by atoms with Crippen LogP contribution in [0, 0.1) is 0 Å². The number of aromatic nitrogens is 2. The summed E-state index contributed by atoms with van der Waals surface area (Å²) in [5.74, 6) is 0.527. The number of H-pyrrole nitrogens is 1. The molecule has 0 radical (unpaired) electrons. The summed E-state index contributed by atoms with van der Waals surface area (Å²) in [5.41, 5.74) is 3.22. The van der Waals surface area contributed by atoms with Crippen molar-refractivity contribution in [2.24, 2.45) is 0 Å². The smallest absolute Gasteiger partial charge is 0.258 e. The Hall–Kier alpha value is -3.48. The summed E-state index contributed by atoms with van der Waals surface area (Å²) < 4.78 is 0. The highest BCUT2D eigenvalue weighted by Crippen LogP contribution is 2.30. The SMILES string of the molecule is CC(=O)N1CCc2cc(NC(=O)CCCc3nc4ccccc4c(=O)[nH]3)ccc21. The van der Waals surface area contributed by atoms with Crippen molar-refractivity contribution >= 4 is 34.1 Å². The van der Waals surface area contributed by atoms with Gasteiger partial charge in [-0.3, -0.25) is 14.4 Å². The predicted octanol–water partition coefficient (Wildman–Crippen LogP) is 2.79. The first-order valence-electron chi connectivity index (χ1n) is 9.70. The van der Waals surface area contributed by atoms with Crippen molar-refractivity contribution in [3.8, 4) is 0 Å². The van der Waals surface area contributed by atoms with E-state index in [0.717, 1.165) is 23.4 Å². The van der Waals surface area contributed by atoms with Crippen LogP contribution in [-0.4, -0.2) is 28.3 Å². The topological polar surface area (TPSA) is 95.2 Å². The van der Waals surface area contributed by atoms with Gasteiger partial charge in [-0.25, -0.2) is 4.98 Å². The average Bonchev–Trinajstić information content (AvgIpc) is 3.11. The van der Waals surface area contributed by atoms with Crippen LogP contribution in [0.5, 0.6) is 0 Å². The Labute approximate surface area is 167 Å². The average molecular weight is 390 g/mol. The molecular weight excluding hydrogens is 368 g/mol. The molecule has 148 valence electrons. The van der Waals surface area contributed by atoms with Crippen LogP contribution in [0.3, 0.4) is 0 Å². The maximum atomic E-state index is 12.3. The normalized spacial score (nSPS) is 12.8. The van der Waals surface area contributed by atoms with Crippen molar-refractivity contribution in [2.75, 3.05) is 16.8 Å². The van der Waals surface area contributed by atoms with Crippen LogP contribution in [0.25, 0.3) is 10.9 Å². The molecule has 0 fully saturated rings. The number of nitrogens with one attached hydrogen (secondary N) is 2. The lowest BCUT2D eigenvalue weighted by Gasteiger charge is -2.15. The first-order valence-corrected chi connectivity index (χ1v) is 9.70. The molecule has 1 aromatic heterocycles. The Morgan fingerprint density at radius 2 is 2.03 bits per heavy atom. The van der Waals surface area contributed by atoms with E-state index in [1.807, 2.05) is 30.3 Å². The second-order valence-electron chi connectivity index (χ2n) is 7.20. The van der Waals surface area contributed by atoms with E-state index in [-0.39, 0.29) is 17.4 Å². The number of hydrogen-bond donors (Lipinski definition) is 2. The minimum absolute atomic E-state index is 0.0286. The number of aryl methyl sites for hydroxylation is 1. The molecule has 2 aromatic carbocycles. The van der Waals surface area contributed by atoms with E-state index >= 15 is 0 Å². The number of benzene rings is 2. The second-order valence-corrected chi connectivity index (χ2v) is 7.20. The van der Waals surface area contributed by atoms with Crippen LogP contribution in [0.15, 0.2) is 47.3 Å². The molecule has 1 aliphatic rings. The highest BCUT2D eigenvalue weighted by Gasteiger charge is 2.22. The van der Waals surface area contributed by atoms with Crippen molar-refractivity contribution in [2.45, 2.75) is 32.6 Å². The fourth-order valence-electron chi connectivity index (χ4n) is 3.70. The van der Waals surface area contributed by atoms with Gasteiger partial charge in [-0.2, -0.15) is 0 Å². The number of amides is 2. The minimum atomic E-state index is -0.159. The van der Waals surface area contributed by atoms with Crippen molar-refractivity contribution in [1.29, 1.82) is 0 Å². The largest absolute Gasteiger partial charge is 0.326 e. The molecule has 0 saturated carbocycles. The van der Waals surface area contributed by atoms with Gasteiger partial charge in [-0.15, -0.1) is 0 Å². The molecule has 0 saturated heterocycles. The number of carbonyl (C=O) groups is 2. The van der Waals surface area contributed by atoms with Crippen LogP contribution in [0.2, 0.25) is 0 Å². The number of anilines is 2. The van der Waals surface area contributed by atoms with E-state index in [4.69, 9.17) is 0 Å². The van der Waals surface area contributed by atoms with Gasteiger partial charge in [-0.1, -0.05) is 12.1 Å². The molecule has 7 heteroatoms. The Bertz CT molecular complexity index is 1150.